The summed E-state index contributed by atoms with van der Waals surface area (Å²) in [5, 5.41) is 3.51. The van der Waals surface area contributed by atoms with E-state index >= 15 is 0 Å². The number of nitrogens with one attached hydrogen (secondary N) is 1. The van der Waals surface area contributed by atoms with Crippen molar-refractivity contribution in [3.05, 3.63) is 42.5 Å². The quantitative estimate of drug-likeness (QED) is 0.875. The van der Waals surface area contributed by atoms with Gasteiger partial charge in [0.05, 0.1) is 5.69 Å². The van der Waals surface area contributed by atoms with Gasteiger partial charge in [0, 0.05) is 30.2 Å². The first kappa shape index (κ1) is 11.3. The van der Waals surface area contributed by atoms with Gasteiger partial charge in [-0.15, -0.1) is 0 Å². The van der Waals surface area contributed by atoms with Gasteiger partial charge in [-0.2, -0.15) is 0 Å². The van der Waals surface area contributed by atoms with Crippen LogP contribution in [-0.2, 0) is 0 Å². The van der Waals surface area contributed by atoms with Crippen LogP contribution >= 0.6 is 0 Å². The summed E-state index contributed by atoms with van der Waals surface area (Å²) in [6.07, 6.45) is 9.07. The first-order valence-corrected chi connectivity index (χ1v) is 6.40. The average molecular weight is 240 g/mol. The summed E-state index contributed by atoms with van der Waals surface area (Å²) in [5.41, 5.74) is 2.11. The molecular weight excluding hydrogens is 224 g/mol. The van der Waals surface area contributed by atoms with Crippen LogP contribution in [0, 0.1) is 0 Å². The van der Waals surface area contributed by atoms with Crippen LogP contribution in [0.3, 0.4) is 0 Å². The predicted octanol–water partition coefficient (Wildman–Crippen LogP) is 2.35. The summed E-state index contributed by atoms with van der Waals surface area (Å²) in [5.74, 6) is 0.780. The lowest BCUT2D eigenvalue weighted by Crippen LogP contribution is -2.27. The second kappa shape index (κ2) is 5.23. The van der Waals surface area contributed by atoms with Crippen molar-refractivity contribution in [2.45, 2.75) is 25.3 Å². The van der Waals surface area contributed by atoms with Crippen molar-refractivity contribution in [2.24, 2.45) is 0 Å². The molecule has 0 aromatic carbocycles. The Balaban J connectivity index is 1.89. The molecule has 1 N–H and O–H groups in total. The van der Waals surface area contributed by atoms with Crippen molar-refractivity contribution < 1.29 is 0 Å². The van der Waals surface area contributed by atoms with Crippen molar-refractivity contribution in [1.82, 2.24) is 20.3 Å². The van der Waals surface area contributed by atoms with Gasteiger partial charge in [0.25, 0.3) is 0 Å². The summed E-state index contributed by atoms with van der Waals surface area (Å²) in [4.78, 5) is 13.0. The van der Waals surface area contributed by atoms with Crippen LogP contribution in [0.5, 0.6) is 0 Å². The minimum atomic E-state index is 0.377. The van der Waals surface area contributed by atoms with Gasteiger partial charge >= 0.3 is 0 Å². The number of hydrogen-bond donors (Lipinski definition) is 1. The maximum absolute atomic E-state index is 4.67. The Morgan fingerprint density at radius 1 is 1.06 bits per heavy atom. The van der Waals surface area contributed by atoms with E-state index in [1.54, 1.807) is 12.4 Å². The van der Waals surface area contributed by atoms with Gasteiger partial charge in [0.15, 0.2) is 5.82 Å². The fourth-order valence-corrected chi connectivity index (χ4v) is 2.31. The predicted molar refractivity (Wildman–Crippen MR) is 69.9 cm³/mol. The van der Waals surface area contributed by atoms with Crippen molar-refractivity contribution in [3.8, 4) is 11.4 Å². The van der Waals surface area contributed by atoms with Crippen LogP contribution in [0.2, 0.25) is 0 Å². The van der Waals surface area contributed by atoms with Crippen LogP contribution in [0.1, 0.15) is 31.0 Å². The number of pyridine rings is 1. The zero-order valence-corrected chi connectivity index (χ0v) is 10.2. The average Bonchev–Trinajstić information content (AvgIpc) is 2.49. The Morgan fingerprint density at radius 3 is 2.72 bits per heavy atom. The molecule has 0 amide bonds. The summed E-state index contributed by atoms with van der Waals surface area (Å²) >= 11 is 0. The minimum Gasteiger partial charge on any atom is -0.309 e. The fraction of sp³-hybridized carbons (Fsp3) is 0.357. The molecular formula is C14H16N4. The van der Waals surface area contributed by atoms with Crippen LogP contribution in [0.15, 0.2) is 36.8 Å². The van der Waals surface area contributed by atoms with Gasteiger partial charge in [-0.25, -0.2) is 9.97 Å². The molecule has 3 heterocycles. The zero-order valence-electron chi connectivity index (χ0n) is 10.2. The molecule has 1 aliphatic heterocycles. The van der Waals surface area contributed by atoms with E-state index in [-0.39, 0.29) is 0 Å². The van der Waals surface area contributed by atoms with E-state index in [0.29, 0.717) is 6.04 Å². The summed E-state index contributed by atoms with van der Waals surface area (Å²) < 4.78 is 0. The highest BCUT2D eigenvalue weighted by atomic mass is 15.0. The van der Waals surface area contributed by atoms with E-state index in [9.17, 15) is 0 Å². The van der Waals surface area contributed by atoms with Gasteiger partial charge in [-0.05, 0) is 37.6 Å². The third-order valence-electron chi connectivity index (χ3n) is 3.28. The maximum atomic E-state index is 4.67. The molecule has 0 aliphatic carbocycles. The number of aromatic nitrogens is 3. The minimum absolute atomic E-state index is 0.377. The Hall–Kier alpha value is -1.81. The number of piperidine rings is 1. The molecule has 92 valence electrons. The molecule has 2 aromatic heterocycles. The fourth-order valence-electron chi connectivity index (χ4n) is 2.31. The van der Waals surface area contributed by atoms with E-state index in [0.717, 1.165) is 30.0 Å². The Morgan fingerprint density at radius 2 is 1.94 bits per heavy atom. The number of nitrogens with zero attached hydrogens (tertiary/aromatic N) is 3. The summed E-state index contributed by atoms with van der Waals surface area (Å²) in [6, 6.07) is 6.26. The third-order valence-corrected chi connectivity index (χ3v) is 3.28. The van der Waals surface area contributed by atoms with Crippen molar-refractivity contribution in [2.75, 3.05) is 6.54 Å². The van der Waals surface area contributed by atoms with E-state index < -0.39 is 0 Å². The summed E-state index contributed by atoms with van der Waals surface area (Å²) in [6.45, 7) is 1.08. The largest absolute Gasteiger partial charge is 0.309 e. The first-order chi connectivity index (χ1) is 8.93. The zero-order chi connectivity index (χ0) is 12.2. The lowest BCUT2D eigenvalue weighted by atomic mass is 10.0. The van der Waals surface area contributed by atoms with Crippen molar-refractivity contribution in [3.63, 3.8) is 0 Å². The molecule has 1 saturated heterocycles. The van der Waals surface area contributed by atoms with Crippen LogP contribution in [0.4, 0.5) is 0 Å². The molecule has 0 spiro atoms. The normalized spacial score (nSPS) is 19.7. The van der Waals surface area contributed by atoms with Crippen molar-refractivity contribution >= 4 is 0 Å². The lowest BCUT2D eigenvalue weighted by molar-refractivity contribution is 0.405. The van der Waals surface area contributed by atoms with E-state index in [1.807, 2.05) is 24.4 Å². The number of rotatable bonds is 2. The van der Waals surface area contributed by atoms with Crippen molar-refractivity contribution in [1.29, 1.82) is 0 Å². The van der Waals surface area contributed by atoms with Crippen LogP contribution < -0.4 is 5.32 Å². The highest BCUT2D eigenvalue weighted by Crippen LogP contribution is 2.22. The van der Waals surface area contributed by atoms with Crippen LogP contribution in [0.25, 0.3) is 11.4 Å². The third kappa shape index (κ3) is 2.38. The van der Waals surface area contributed by atoms with E-state index in [4.69, 9.17) is 0 Å². The Labute approximate surface area is 107 Å². The Kier molecular flexibility index (Phi) is 3.28. The Bertz CT molecular complexity index is 506. The molecule has 0 saturated carbocycles. The SMILES string of the molecule is c1cc(-c2nccc(C3CCCCN3)n2)ccn1. The molecule has 4 heteroatoms. The van der Waals surface area contributed by atoms with Gasteiger partial charge < -0.3 is 5.32 Å². The molecule has 18 heavy (non-hydrogen) atoms. The van der Waals surface area contributed by atoms with Gasteiger partial charge in [0.1, 0.15) is 0 Å². The van der Waals surface area contributed by atoms with Gasteiger partial charge in [-0.1, -0.05) is 6.42 Å². The molecule has 0 bridgehead atoms. The molecule has 1 atom stereocenters. The standard InChI is InChI=1S/C14H16N4/c1-2-7-16-12(3-1)13-6-10-17-14(18-13)11-4-8-15-9-5-11/h4-6,8-10,12,16H,1-3,7H2. The number of hydrogen-bond acceptors (Lipinski definition) is 4. The van der Waals surface area contributed by atoms with E-state index in [1.165, 1.54) is 12.8 Å². The van der Waals surface area contributed by atoms with Crippen LogP contribution in [-0.4, -0.2) is 21.5 Å². The maximum Gasteiger partial charge on any atom is 0.159 e. The second-order valence-corrected chi connectivity index (χ2v) is 4.54. The smallest absolute Gasteiger partial charge is 0.159 e. The first-order valence-electron chi connectivity index (χ1n) is 6.40. The highest BCUT2D eigenvalue weighted by Gasteiger charge is 2.16. The second-order valence-electron chi connectivity index (χ2n) is 4.54. The lowest BCUT2D eigenvalue weighted by Gasteiger charge is -2.23. The molecule has 2 aromatic rings. The highest BCUT2D eigenvalue weighted by molar-refractivity contribution is 5.53. The van der Waals surface area contributed by atoms with Gasteiger partial charge in [-0.3, -0.25) is 4.98 Å². The molecule has 1 fully saturated rings. The summed E-state index contributed by atoms with van der Waals surface area (Å²) in [7, 11) is 0. The van der Waals surface area contributed by atoms with Gasteiger partial charge in [0.2, 0.25) is 0 Å². The topological polar surface area (TPSA) is 50.7 Å². The molecule has 0 radical (unpaired) electrons. The molecule has 1 aliphatic rings. The molecule has 3 rings (SSSR count). The monoisotopic (exact) mass is 240 g/mol. The molecule has 1 unspecified atom stereocenters. The molecule has 4 nitrogen and oxygen atoms in total. The van der Waals surface area contributed by atoms with E-state index in [2.05, 4.69) is 20.3 Å².